The van der Waals surface area contributed by atoms with Crippen LogP contribution in [-0.2, 0) is 6.54 Å². The molecule has 1 aromatic rings. The number of hydrogen-bond acceptors (Lipinski definition) is 2. The van der Waals surface area contributed by atoms with Crippen LogP contribution >= 0.6 is 15.9 Å². The van der Waals surface area contributed by atoms with Gasteiger partial charge in [-0.1, -0.05) is 35.0 Å². The first-order valence-corrected chi connectivity index (χ1v) is 8.94. The van der Waals surface area contributed by atoms with Crippen molar-refractivity contribution in [2.45, 2.75) is 38.8 Å². The molecule has 1 aliphatic heterocycles. The molecule has 0 saturated carbocycles. The lowest BCUT2D eigenvalue weighted by atomic mass is 10.0. The molecule has 0 bridgehead atoms. The smallest absolute Gasteiger partial charge is 0.191 e. The maximum atomic E-state index is 4.29. The molecule has 0 unspecified atom stereocenters. The second-order valence-corrected chi connectivity index (χ2v) is 6.74. The Hall–Kier alpha value is -1.07. The quantitative estimate of drug-likeness (QED) is 0.621. The van der Waals surface area contributed by atoms with E-state index in [0.29, 0.717) is 6.04 Å². The molecule has 2 rings (SSSR count). The average Bonchev–Trinajstić information content (AvgIpc) is 2.55. The molecule has 1 saturated heterocycles. The molecule has 5 heteroatoms. The minimum Gasteiger partial charge on any atom is -0.356 e. The Morgan fingerprint density at radius 1 is 1.27 bits per heavy atom. The molecular formula is C17H27BrN4. The summed E-state index contributed by atoms with van der Waals surface area (Å²) in [4.78, 5) is 6.82. The van der Waals surface area contributed by atoms with Crippen LogP contribution in [0.3, 0.4) is 0 Å². The topological polar surface area (TPSA) is 39.7 Å². The normalized spacial score (nSPS) is 17.5. The minimum atomic E-state index is 0.532. The SMILES string of the molecule is CCCNC(=NC)NC1CCN(Cc2ccc(Br)cc2)CC1. The molecule has 0 spiro atoms. The van der Waals surface area contributed by atoms with Crippen LogP contribution in [0.15, 0.2) is 33.7 Å². The first-order chi connectivity index (χ1) is 10.7. The van der Waals surface area contributed by atoms with Crippen LogP contribution in [0.4, 0.5) is 0 Å². The van der Waals surface area contributed by atoms with Gasteiger partial charge < -0.3 is 10.6 Å². The zero-order chi connectivity index (χ0) is 15.8. The van der Waals surface area contributed by atoms with E-state index in [4.69, 9.17) is 0 Å². The van der Waals surface area contributed by atoms with Crippen molar-refractivity contribution in [2.75, 3.05) is 26.7 Å². The fraction of sp³-hybridized carbons (Fsp3) is 0.588. The van der Waals surface area contributed by atoms with E-state index in [1.807, 2.05) is 7.05 Å². The number of nitrogens with zero attached hydrogens (tertiary/aromatic N) is 2. The molecule has 22 heavy (non-hydrogen) atoms. The number of piperidine rings is 1. The molecule has 0 radical (unpaired) electrons. The van der Waals surface area contributed by atoms with Crippen molar-refractivity contribution in [2.24, 2.45) is 4.99 Å². The summed E-state index contributed by atoms with van der Waals surface area (Å²) in [6.07, 6.45) is 3.46. The molecule has 0 aliphatic carbocycles. The minimum absolute atomic E-state index is 0.532. The second kappa shape index (κ2) is 9.16. The number of rotatable bonds is 5. The molecule has 2 N–H and O–H groups in total. The molecule has 1 aromatic carbocycles. The summed E-state index contributed by atoms with van der Waals surface area (Å²) in [5.74, 6) is 0.938. The third-order valence-electron chi connectivity index (χ3n) is 4.01. The summed E-state index contributed by atoms with van der Waals surface area (Å²) in [7, 11) is 1.84. The van der Waals surface area contributed by atoms with Gasteiger partial charge in [0.15, 0.2) is 5.96 Å². The van der Waals surface area contributed by atoms with Crippen LogP contribution in [0.5, 0.6) is 0 Å². The van der Waals surface area contributed by atoms with Crippen molar-refractivity contribution in [1.82, 2.24) is 15.5 Å². The van der Waals surface area contributed by atoms with Crippen molar-refractivity contribution in [3.63, 3.8) is 0 Å². The van der Waals surface area contributed by atoms with Crippen LogP contribution in [0.1, 0.15) is 31.7 Å². The maximum Gasteiger partial charge on any atom is 0.191 e. The maximum absolute atomic E-state index is 4.29. The Bertz CT molecular complexity index is 464. The predicted octanol–water partition coefficient (Wildman–Crippen LogP) is 2.99. The molecule has 122 valence electrons. The van der Waals surface area contributed by atoms with E-state index in [9.17, 15) is 0 Å². The molecule has 0 aromatic heterocycles. The largest absolute Gasteiger partial charge is 0.356 e. The summed E-state index contributed by atoms with van der Waals surface area (Å²) >= 11 is 3.49. The van der Waals surface area contributed by atoms with Crippen molar-refractivity contribution in [3.8, 4) is 0 Å². The van der Waals surface area contributed by atoms with Gasteiger partial charge >= 0.3 is 0 Å². The molecular weight excluding hydrogens is 340 g/mol. The number of benzene rings is 1. The summed E-state index contributed by atoms with van der Waals surface area (Å²) in [5.41, 5.74) is 1.38. The van der Waals surface area contributed by atoms with Crippen molar-refractivity contribution >= 4 is 21.9 Å². The molecule has 1 aliphatic rings. The van der Waals surface area contributed by atoms with Gasteiger partial charge in [-0.15, -0.1) is 0 Å². The van der Waals surface area contributed by atoms with E-state index in [0.717, 1.165) is 43.0 Å². The number of likely N-dealkylation sites (tertiary alicyclic amines) is 1. The molecule has 0 amide bonds. The Labute approximate surface area is 142 Å². The third kappa shape index (κ3) is 5.61. The van der Waals surface area contributed by atoms with Gasteiger partial charge in [-0.3, -0.25) is 9.89 Å². The molecule has 1 fully saturated rings. The van der Waals surface area contributed by atoms with Gasteiger partial charge in [0, 0.05) is 43.7 Å². The highest BCUT2D eigenvalue weighted by atomic mass is 79.9. The number of nitrogens with one attached hydrogen (secondary N) is 2. The van der Waals surface area contributed by atoms with E-state index in [-0.39, 0.29) is 0 Å². The zero-order valence-corrected chi connectivity index (χ0v) is 15.2. The lowest BCUT2D eigenvalue weighted by molar-refractivity contribution is 0.198. The van der Waals surface area contributed by atoms with Gasteiger partial charge in [-0.25, -0.2) is 0 Å². The standard InChI is InChI=1S/C17H27BrN4/c1-3-10-20-17(19-2)21-16-8-11-22(12-9-16)13-14-4-6-15(18)7-5-14/h4-7,16H,3,8-13H2,1-2H3,(H2,19,20,21). The van der Waals surface area contributed by atoms with Crippen LogP contribution in [0.25, 0.3) is 0 Å². The van der Waals surface area contributed by atoms with Gasteiger partial charge in [0.2, 0.25) is 0 Å². The van der Waals surface area contributed by atoms with E-state index in [2.05, 4.69) is 67.6 Å². The summed E-state index contributed by atoms with van der Waals surface area (Å²) in [5, 5.41) is 6.88. The van der Waals surface area contributed by atoms with E-state index >= 15 is 0 Å². The van der Waals surface area contributed by atoms with Gasteiger partial charge in [0.1, 0.15) is 0 Å². The Morgan fingerprint density at radius 3 is 2.55 bits per heavy atom. The van der Waals surface area contributed by atoms with Crippen LogP contribution in [0.2, 0.25) is 0 Å². The highest BCUT2D eigenvalue weighted by Crippen LogP contribution is 2.16. The number of aliphatic imine (C=N–C) groups is 1. The first-order valence-electron chi connectivity index (χ1n) is 8.15. The van der Waals surface area contributed by atoms with Crippen molar-refractivity contribution < 1.29 is 0 Å². The number of hydrogen-bond donors (Lipinski definition) is 2. The van der Waals surface area contributed by atoms with Crippen molar-refractivity contribution in [1.29, 1.82) is 0 Å². The van der Waals surface area contributed by atoms with Gasteiger partial charge in [0.25, 0.3) is 0 Å². The first kappa shape index (κ1) is 17.3. The summed E-state index contributed by atoms with van der Waals surface area (Å²) < 4.78 is 1.14. The van der Waals surface area contributed by atoms with Gasteiger partial charge in [-0.05, 0) is 37.0 Å². The lowest BCUT2D eigenvalue weighted by Crippen LogP contribution is -2.48. The fourth-order valence-electron chi connectivity index (χ4n) is 2.71. The Balaban J connectivity index is 1.74. The third-order valence-corrected chi connectivity index (χ3v) is 4.54. The summed E-state index contributed by atoms with van der Waals surface area (Å²) in [6, 6.07) is 9.17. The molecule has 4 nitrogen and oxygen atoms in total. The monoisotopic (exact) mass is 366 g/mol. The zero-order valence-electron chi connectivity index (χ0n) is 13.6. The number of guanidine groups is 1. The van der Waals surface area contributed by atoms with Crippen LogP contribution < -0.4 is 10.6 Å². The highest BCUT2D eigenvalue weighted by Gasteiger charge is 2.19. The predicted molar refractivity (Wildman–Crippen MR) is 97.2 cm³/mol. The summed E-state index contributed by atoms with van der Waals surface area (Å²) in [6.45, 7) is 6.46. The van der Waals surface area contributed by atoms with E-state index in [1.54, 1.807) is 0 Å². The van der Waals surface area contributed by atoms with Crippen LogP contribution in [0, 0.1) is 0 Å². The lowest BCUT2D eigenvalue weighted by Gasteiger charge is -2.33. The highest BCUT2D eigenvalue weighted by molar-refractivity contribution is 9.10. The number of halogens is 1. The van der Waals surface area contributed by atoms with Crippen molar-refractivity contribution in [3.05, 3.63) is 34.3 Å². The average molecular weight is 367 g/mol. The van der Waals surface area contributed by atoms with E-state index < -0.39 is 0 Å². The molecule has 1 heterocycles. The van der Waals surface area contributed by atoms with E-state index in [1.165, 1.54) is 18.4 Å². The second-order valence-electron chi connectivity index (χ2n) is 5.82. The van der Waals surface area contributed by atoms with Gasteiger partial charge in [0.05, 0.1) is 0 Å². The van der Waals surface area contributed by atoms with Gasteiger partial charge in [-0.2, -0.15) is 0 Å². The fourth-order valence-corrected chi connectivity index (χ4v) is 2.98. The Kier molecular flexibility index (Phi) is 7.19. The van der Waals surface area contributed by atoms with Crippen LogP contribution in [-0.4, -0.2) is 43.6 Å². The molecule has 0 atom stereocenters. The Morgan fingerprint density at radius 2 is 1.95 bits per heavy atom.